The molecule has 0 fully saturated rings. The lowest BCUT2D eigenvalue weighted by Gasteiger charge is -2.08. The van der Waals surface area contributed by atoms with Crippen LogP contribution >= 0.6 is 11.3 Å². The Morgan fingerprint density at radius 1 is 1.26 bits per heavy atom. The molecule has 0 aliphatic rings. The molecule has 1 amide bonds. The van der Waals surface area contributed by atoms with Gasteiger partial charge in [0.1, 0.15) is 11.3 Å². The van der Waals surface area contributed by atoms with Crippen LogP contribution in [-0.2, 0) is 13.0 Å². The third kappa shape index (κ3) is 4.53. The molecule has 0 unspecified atom stereocenters. The van der Waals surface area contributed by atoms with Crippen molar-refractivity contribution in [2.45, 2.75) is 13.0 Å². The molecule has 0 saturated heterocycles. The largest absolute Gasteiger partial charge is 0.497 e. The zero-order valence-electron chi connectivity index (χ0n) is 14.7. The second kappa shape index (κ2) is 8.50. The van der Waals surface area contributed by atoms with Gasteiger partial charge in [-0.3, -0.25) is 14.2 Å². The van der Waals surface area contributed by atoms with Crippen molar-refractivity contribution < 1.29 is 9.53 Å². The molecule has 0 aliphatic heterocycles. The summed E-state index contributed by atoms with van der Waals surface area (Å²) in [6, 6.07) is 11.2. The van der Waals surface area contributed by atoms with E-state index in [2.05, 4.69) is 10.3 Å². The Labute approximate surface area is 159 Å². The van der Waals surface area contributed by atoms with Crippen molar-refractivity contribution in [2.24, 2.45) is 0 Å². The minimum absolute atomic E-state index is 0.0863. The van der Waals surface area contributed by atoms with Gasteiger partial charge in [-0.15, -0.1) is 11.3 Å². The van der Waals surface area contributed by atoms with Crippen LogP contribution in [0.25, 0.3) is 0 Å². The maximum absolute atomic E-state index is 12.5. The number of carbonyl (C=O) groups excluding carboxylic acids is 1. The van der Waals surface area contributed by atoms with Gasteiger partial charge in [-0.25, -0.2) is 4.79 Å². The standard InChI is InChI=1S/C19H19N3O4S/c1-26-14-5-2-4-13(10-14)7-8-20-17(23)16-11-21-19(25)22(18(16)24)12-15-6-3-9-27-15/h2-6,9-11H,7-8,12H2,1H3,(H,20,23)(H,21,25). The van der Waals surface area contributed by atoms with Crippen LogP contribution in [0.5, 0.6) is 5.75 Å². The van der Waals surface area contributed by atoms with E-state index in [0.29, 0.717) is 13.0 Å². The summed E-state index contributed by atoms with van der Waals surface area (Å²) in [5.41, 5.74) is -0.226. The summed E-state index contributed by atoms with van der Waals surface area (Å²) in [7, 11) is 1.60. The average molecular weight is 385 g/mol. The van der Waals surface area contributed by atoms with Crippen molar-refractivity contribution in [3.63, 3.8) is 0 Å². The van der Waals surface area contributed by atoms with Crippen molar-refractivity contribution in [3.8, 4) is 5.75 Å². The van der Waals surface area contributed by atoms with Crippen molar-refractivity contribution in [3.05, 3.63) is 84.8 Å². The minimum Gasteiger partial charge on any atom is -0.497 e. The smallest absolute Gasteiger partial charge is 0.328 e. The van der Waals surface area contributed by atoms with Crippen molar-refractivity contribution in [1.29, 1.82) is 0 Å². The molecule has 0 radical (unpaired) electrons. The number of aromatic amines is 1. The van der Waals surface area contributed by atoms with E-state index >= 15 is 0 Å². The zero-order valence-corrected chi connectivity index (χ0v) is 15.5. The molecule has 3 aromatic rings. The number of amides is 1. The third-order valence-corrected chi connectivity index (χ3v) is 4.89. The van der Waals surface area contributed by atoms with Gasteiger partial charge in [-0.2, -0.15) is 0 Å². The van der Waals surface area contributed by atoms with Crippen LogP contribution in [-0.4, -0.2) is 29.1 Å². The van der Waals surface area contributed by atoms with Gasteiger partial charge in [-0.1, -0.05) is 18.2 Å². The molecule has 0 saturated carbocycles. The molecule has 0 bridgehead atoms. The molecule has 8 heteroatoms. The number of benzene rings is 1. The Morgan fingerprint density at radius 3 is 2.85 bits per heavy atom. The fourth-order valence-corrected chi connectivity index (χ4v) is 3.31. The summed E-state index contributed by atoms with van der Waals surface area (Å²) in [6.07, 6.45) is 1.76. The van der Waals surface area contributed by atoms with Crippen molar-refractivity contribution in [2.75, 3.05) is 13.7 Å². The summed E-state index contributed by atoms with van der Waals surface area (Å²) in [4.78, 5) is 40.2. The van der Waals surface area contributed by atoms with Crippen LogP contribution in [0.1, 0.15) is 20.8 Å². The van der Waals surface area contributed by atoms with E-state index in [1.54, 1.807) is 7.11 Å². The summed E-state index contributed by atoms with van der Waals surface area (Å²) in [5.74, 6) is 0.231. The topological polar surface area (TPSA) is 93.2 Å². The Hall–Kier alpha value is -3.13. The number of methoxy groups -OCH3 is 1. The quantitative estimate of drug-likeness (QED) is 0.646. The number of aromatic nitrogens is 2. The number of hydrogen-bond donors (Lipinski definition) is 2. The van der Waals surface area contributed by atoms with Crippen molar-refractivity contribution >= 4 is 17.2 Å². The van der Waals surface area contributed by atoms with Crippen LogP contribution in [0.4, 0.5) is 0 Å². The molecular weight excluding hydrogens is 366 g/mol. The molecule has 2 aromatic heterocycles. The first-order valence-electron chi connectivity index (χ1n) is 8.34. The first-order chi connectivity index (χ1) is 13.1. The van der Waals surface area contributed by atoms with Gasteiger partial charge in [0.25, 0.3) is 11.5 Å². The number of nitrogens with zero attached hydrogens (tertiary/aromatic N) is 1. The van der Waals surface area contributed by atoms with E-state index in [1.807, 2.05) is 41.8 Å². The first kappa shape index (κ1) is 18.7. The van der Waals surface area contributed by atoms with E-state index < -0.39 is 17.2 Å². The molecule has 1 aromatic carbocycles. The molecule has 27 heavy (non-hydrogen) atoms. The van der Waals surface area contributed by atoms with Crippen LogP contribution in [0, 0.1) is 0 Å². The number of nitrogens with one attached hydrogen (secondary N) is 2. The van der Waals surface area contributed by atoms with E-state index in [1.165, 1.54) is 11.3 Å². The second-order valence-electron chi connectivity index (χ2n) is 5.84. The maximum Gasteiger partial charge on any atom is 0.328 e. The van der Waals surface area contributed by atoms with Crippen molar-refractivity contribution in [1.82, 2.24) is 14.9 Å². The van der Waals surface area contributed by atoms with Crippen LogP contribution < -0.4 is 21.3 Å². The lowest BCUT2D eigenvalue weighted by Crippen LogP contribution is -2.41. The van der Waals surface area contributed by atoms with E-state index in [-0.39, 0.29) is 12.1 Å². The second-order valence-corrected chi connectivity index (χ2v) is 6.87. The summed E-state index contributed by atoms with van der Waals surface area (Å²) < 4.78 is 6.20. The third-order valence-electron chi connectivity index (χ3n) is 4.03. The number of thiophene rings is 1. The Bertz CT molecular complexity index is 1040. The molecule has 0 aliphatic carbocycles. The van der Waals surface area contributed by atoms with Gasteiger partial charge in [0.15, 0.2) is 0 Å². The van der Waals surface area contributed by atoms with E-state index in [4.69, 9.17) is 4.74 Å². The molecule has 140 valence electrons. The fourth-order valence-electron chi connectivity index (χ4n) is 2.62. The Balaban J connectivity index is 1.69. The average Bonchev–Trinajstić information content (AvgIpc) is 3.18. The highest BCUT2D eigenvalue weighted by atomic mass is 32.1. The number of carbonyl (C=O) groups is 1. The number of ether oxygens (including phenoxy) is 1. The number of rotatable bonds is 7. The predicted octanol–water partition coefficient (Wildman–Crippen LogP) is 1.63. The van der Waals surface area contributed by atoms with Gasteiger partial charge in [0, 0.05) is 17.6 Å². The normalized spacial score (nSPS) is 10.6. The molecule has 3 rings (SSSR count). The number of hydrogen-bond acceptors (Lipinski definition) is 5. The highest BCUT2D eigenvalue weighted by Gasteiger charge is 2.15. The lowest BCUT2D eigenvalue weighted by atomic mass is 10.1. The molecule has 2 heterocycles. The monoisotopic (exact) mass is 385 g/mol. The SMILES string of the molecule is COc1cccc(CCNC(=O)c2c[nH]c(=O)n(Cc3cccs3)c2=O)c1. The molecule has 0 spiro atoms. The zero-order chi connectivity index (χ0) is 19.2. The summed E-state index contributed by atoms with van der Waals surface area (Å²) >= 11 is 1.44. The van der Waals surface area contributed by atoms with Crippen LogP contribution in [0.15, 0.2) is 57.6 Å². The van der Waals surface area contributed by atoms with Gasteiger partial charge in [0.05, 0.1) is 13.7 Å². The maximum atomic E-state index is 12.5. The molecule has 2 N–H and O–H groups in total. The molecule has 0 atom stereocenters. The van der Waals surface area contributed by atoms with E-state index in [0.717, 1.165) is 27.0 Å². The Morgan fingerprint density at radius 2 is 2.11 bits per heavy atom. The number of H-pyrrole nitrogens is 1. The Kier molecular flexibility index (Phi) is 5.87. The van der Waals surface area contributed by atoms with Crippen LogP contribution in [0.2, 0.25) is 0 Å². The summed E-state index contributed by atoms with van der Waals surface area (Å²) in [5, 5.41) is 4.58. The first-order valence-corrected chi connectivity index (χ1v) is 9.22. The van der Waals surface area contributed by atoms with Gasteiger partial charge in [-0.05, 0) is 35.6 Å². The molecular formula is C19H19N3O4S. The minimum atomic E-state index is -0.606. The van der Waals surface area contributed by atoms with Gasteiger partial charge >= 0.3 is 5.69 Å². The van der Waals surface area contributed by atoms with Gasteiger partial charge < -0.3 is 15.0 Å². The van der Waals surface area contributed by atoms with Crippen LogP contribution in [0.3, 0.4) is 0 Å². The molecule has 7 nitrogen and oxygen atoms in total. The fraction of sp³-hybridized carbons (Fsp3) is 0.211. The van der Waals surface area contributed by atoms with E-state index in [9.17, 15) is 14.4 Å². The van der Waals surface area contributed by atoms with Gasteiger partial charge in [0.2, 0.25) is 0 Å². The predicted molar refractivity (Wildman–Crippen MR) is 104 cm³/mol. The lowest BCUT2D eigenvalue weighted by molar-refractivity contribution is 0.0951. The highest BCUT2D eigenvalue weighted by molar-refractivity contribution is 7.09. The summed E-state index contributed by atoms with van der Waals surface area (Å²) in [6.45, 7) is 0.492. The highest BCUT2D eigenvalue weighted by Crippen LogP contribution is 2.12.